The number of hydrogen-bond acceptors (Lipinski definition) is 6. The molecule has 0 amide bonds. The van der Waals surface area contributed by atoms with Gasteiger partial charge in [-0.05, 0) is 54.8 Å². The van der Waals surface area contributed by atoms with E-state index in [1.54, 1.807) is 38.5 Å². The van der Waals surface area contributed by atoms with Crippen molar-refractivity contribution in [2.24, 2.45) is 0 Å². The van der Waals surface area contributed by atoms with E-state index in [9.17, 15) is 13.5 Å². The predicted molar refractivity (Wildman–Crippen MR) is 123 cm³/mol. The molecular weight excluding hydrogens is 428 g/mol. The first-order chi connectivity index (χ1) is 15.3. The van der Waals surface area contributed by atoms with Crippen LogP contribution in [0.5, 0.6) is 11.5 Å². The monoisotopic (exact) mass is 456 g/mol. The zero-order valence-electron chi connectivity index (χ0n) is 18.6. The summed E-state index contributed by atoms with van der Waals surface area (Å²) in [4.78, 5) is 0. The Kier molecular flexibility index (Phi) is 7.23. The van der Waals surface area contributed by atoms with Gasteiger partial charge in [-0.25, -0.2) is 8.42 Å². The van der Waals surface area contributed by atoms with E-state index in [1.165, 1.54) is 13.8 Å². The molecule has 3 aromatic carbocycles. The molecule has 0 fully saturated rings. The molecule has 170 valence electrons. The van der Waals surface area contributed by atoms with Crippen LogP contribution in [0.25, 0.3) is 0 Å². The first-order valence-corrected chi connectivity index (χ1v) is 11.8. The quantitative estimate of drug-likeness (QED) is 0.488. The third-order valence-electron chi connectivity index (χ3n) is 5.45. The average molecular weight is 457 g/mol. The fraction of sp³-hybridized carbons (Fsp3) is 0.280. The summed E-state index contributed by atoms with van der Waals surface area (Å²) in [5, 5.41) is 9.89. The first-order valence-electron chi connectivity index (χ1n) is 10.2. The lowest BCUT2D eigenvalue weighted by atomic mass is 9.80. The Morgan fingerprint density at radius 2 is 1.12 bits per heavy atom. The standard InChI is InChI=1S/C25H28O6S/c1-18(26)32(27,28)19(2)31-25(20-8-6-5-7-9-20,21-10-14-23(29-3)15-11-21)22-12-16-24(30-4)17-13-22/h5-19,26H,1-4H3. The van der Waals surface area contributed by atoms with Gasteiger partial charge < -0.3 is 19.3 Å². The second-order valence-corrected chi connectivity index (χ2v) is 9.90. The molecular formula is C25H28O6S. The third-order valence-corrected chi connectivity index (χ3v) is 7.43. The topological polar surface area (TPSA) is 82.1 Å². The van der Waals surface area contributed by atoms with Gasteiger partial charge in [0.05, 0.1) is 14.2 Å². The van der Waals surface area contributed by atoms with Crippen LogP contribution < -0.4 is 9.47 Å². The van der Waals surface area contributed by atoms with E-state index >= 15 is 0 Å². The van der Waals surface area contributed by atoms with Gasteiger partial charge in [0, 0.05) is 0 Å². The maximum absolute atomic E-state index is 12.8. The molecule has 0 aliphatic heterocycles. The fourth-order valence-electron chi connectivity index (χ4n) is 3.62. The summed E-state index contributed by atoms with van der Waals surface area (Å²) in [6.07, 6.45) is 0. The van der Waals surface area contributed by atoms with Crippen molar-refractivity contribution in [3.63, 3.8) is 0 Å². The summed E-state index contributed by atoms with van der Waals surface area (Å²) in [7, 11) is -0.816. The molecule has 0 aromatic heterocycles. The molecule has 0 aliphatic rings. The highest BCUT2D eigenvalue weighted by atomic mass is 32.2. The summed E-state index contributed by atoms with van der Waals surface area (Å²) in [6, 6.07) is 24.0. The van der Waals surface area contributed by atoms with Crippen LogP contribution >= 0.6 is 0 Å². The van der Waals surface area contributed by atoms with Crippen LogP contribution in [0.3, 0.4) is 0 Å². The van der Waals surface area contributed by atoms with Crippen molar-refractivity contribution in [3.05, 3.63) is 95.6 Å². The summed E-state index contributed by atoms with van der Waals surface area (Å²) in [5.41, 5.74) is -1.99. The zero-order chi connectivity index (χ0) is 23.4. The minimum absolute atomic E-state index is 0.662. The second-order valence-electron chi connectivity index (χ2n) is 7.38. The minimum atomic E-state index is -3.98. The van der Waals surface area contributed by atoms with Gasteiger partial charge >= 0.3 is 0 Å². The Balaban J connectivity index is 2.30. The van der Waals surface area contributed by atoms with E-state index in [0.29, 0.717) is 22.6 Å². The van der Waals surface area contributed by atoms with Gasteiger partial charge in [0.15, 0.2) is 10.9 Å². The van der Waals surface area contributed by atoms with Crippen molar-refractivity contribution in [2.75, 3.05) is 14.2 Å². The van der Waals surface area contributed by atoms with Crippen LogP contribution in [0, 0.1) is 0 Å². The number of rotatable bonds is 9. The number of ether oxygens (including phenoxy) is 3. The first kappa shape index (κ1) is 23.8. The van der Waals surface area contributed by atoms with Gasteiger partial charge in [-0.3, -0.25) is 0 Å². The zero-order valence-corrected chi connectivity index (χ0v) is 19.4. The van der Waals surface area contributed by atoms with Gasteiger partial charge in [-0.1, -0.05) is 54.6 Å². The van der Waals surface area contributed by atoms with E-state index in [-0.39, 0.29) is 0 Å². The molecule has 32 heavy (non-hydrogen) atoms. The molecule has 7 heteroatoms. The van der Waals surface area contributed by atoms with Crippen LogP contribution in [0.2, 0.25) is 0 Å². The van der Waals surface area contributed by atoms with Crippen LogP contribution in [-0.2, 0) is 20.2 Å². The smallest absolute Gasteiger partial charge is 0.203 e. The molecule has 0 bridgehead atoms. The second kappa shape index (κ2) is 9.73. The molecule has 0 saturated carbocycles. The van der Waals surface area contributed by atoms with Crippen molar-refractivity contribution >= 4 is 9.84 Å². The molecule has 0 saturated heterocycles. The molecule has 3 aromatic rings. The Hall–Kier alpha value is -2.87. The molecule has 1 N–H and O–H groups in total. The molecule has 3 rings (SSSR count). The Bertz CT molecular complexity index is 1060. The van der Waals surface area contributed by atoms with Crippen molar-refractivity contribution in [1.29, 1.82) is 0 Å². The number of aliphatic hydroxyl groups excluding tert-OH is 1. The van der Waals surface area contributed by atoms with Gasteiger partial charge in [0.25, 0.3) is 0 Å². The minimum Gasteiger partial charge on any atom is -0.497 e. The lowest BCUT2D eigenvalue weighted by Crippen LogP contribution is -2.41. The van der Waals surface area contributed by atoms with E-state index in [0.717, 1.165) is 5.56 Å². The lowest BCUT2D eigenvalue weighted by molar-refractivity contribution is -0.00269. The van der Waals surface area contributed by atoms with Gasteiger partial charge in [0.1, 0.15) is 17.1 Å². The fourth-order valence-corrected chi connectivity index (χ4v) is 4.45. The van der Waals surface area contributed by atoms with Gasteiger partial charge in [-0.2, -0.15) is 0 Å². The lowest BCUT2D eigenvalue weighted by Gasteiger charge is -2.38. The number of hydrogen-bond donors (Lipinski definition) is 1. The average Bonchev–Trinajstić information content (AvgIpc) is 2.83. The van der Waals surface area contributed by atoms with E-state index in [1.807, 2.05) is 54.6 Å². The summed E-state index contributed by atoms with van der Waals surface area (Å²) >= 11 is 0. The van der Waals surface area contributed by atoms with Crippen molar-refractivity contribution in [1.82, 2.24) is 0 Å². The van der Waals surface area contributed by atoms with Crippen LogP contribution in [0.15, 0.2) is 78.9 Å². The number of sulfone groups is 1. The molecule has 2 atom stereocenters. The maximum Gasteiger partial charge on any atom is 0.203 e. The Morgan fingerprint density at radius 1 is 0.719 bits per heavy atom. The summed E-state index contributed by atoms with van der Waals surface area (Å²) < 4.78 is 42.6. The van der Waals surface area contributed by atoms with E-state index in [4.69, 9.17) is 14.2 Å². The van der Waals surface area contributed by atoms with Crippen LogP contribution in [0.4, 0.5) is 0 Å². The highest BCUT2D eigenvalue weighted by Crippen LogP contribution is 2.43. The molecule has 0 aliphatic carbocycles. The maximum atomic E-state index is 12.8. The van der Waals surface area contributed by atoms with Gasteiger partial charge in [0.2, 0.25) is 9.84 Å². The molecule has 0 radical (unpaired) electrons. The Labute approximate surface area is 189 Å². The van der Waals surface area contributed by atoms with Crippen molar-refractivity contribution < 1.29 is 27.7 Å². The molecule has 2 unspecified atom stereocenters. The van der Waals surface area contributed by atoms with Crippen molar-refractivity contribution in [2.45, 2.75) is 30.3 Å². The van der Waals surface area contributed by atoms with Crippen molar-refractivity contribution in [3.8, 4) is 11.5 Å². The largest absolute Gasteiger partial charge is 0.497 e. The van der Waals surface area contributed by atoms with Gasteiger partial charge in [-0.15, -0.1) is 0 Å². The highest BCUT2D eigenvalue weighted by molar-refractivity contribution is 7.92. The van der Waals surface area contributed by atoms with E-state index in [2.05, 4.69) is 0 Å². The summed E-state index contributed by atoms with van der Waals surface area (Å²) in [6.45, 7) is 2.66. The van der Waals surface area contributed by atoms with E-state index < -0.39 is 26.3 Å². The normalized spacial score (nSPS) is 13.9. The number of benzene rings is 3. The Morgan fingerprint density at radius 3 is 1.50 bits per heavy atom. The number of methoxy groups -OCH3 is 2. The molecule has 0 heterocycles. The predicted octanol–water partition coefficient (Wildman–Crippen LogP) is 4.11. The van der Waals surface area contributed by atoms with Crippen LogP contribution in [-0.4, -0.2) is 38.6 Å². The summed E-state index contributed by atoms with van der Waals surface area (Å²) in [5.74, 6) is 1.32. The molecule has 0 spiro atoms. The number of aliphatic hydroxyl groups is 1. The third kappa shape index (κ3) is 4.50. The van der Waals surface area contributed by atoms with Crippen LogP contribution in [0.1, 0.15) is 30.5 Å². The molecule has 6 nitrogen and oxygen atoms in total. The SMILES string of the molecule is COc1ccc(C(OC(C)S(=O)(=O)C(C)O)(c2ccccc2)c2ccc(OC)cc2)cc1. The highest BCUT2D eigenvalue weighted by Gasteiger charge is 2.42.